The van der Waals surface area contributed by atoms with Gasteiger partial charge in [-0.15, -0.1) is 0 Å². The highest BCUT2D eigenvalue weighted by Gasteiger charge is 2.15. The van der Waals surface area contributed by atoms with E-state index < -0.39 is 10.0 Å². The summed E-state index contributed by atoms with van der Waals surface area (Å²) in [6.45, 7) is 5.58. The number of hydrogen-bond donors (Lipinski definition) is 1. The topological polar surface area (TPSA) is 81.2 Å². The normalized spacial score (nSPS) is 11.0. The fraction of sp³-hybridized carbons (Fsp3) is 0.143. The molecule has 0 aliphatic heterocycles. The van der Waals surface area contributed by atoms with Crippen LogP contribution >= 0.6 is 0 Å². The van der Waals surface area contributed by atoms with Gasteiger partial charge in [0, 0.05) is 18.0 Å². The van der Waals surface area contributed by atoms with Crippen molar-refractivity contribution < 1.29 is 13.2 Å². The number of aromatic nitrogens is 2. The van der Waals surface area contributed by atoms with E-state index >= 15 is 0 Å². The average Bonchev–Trinajstić information content (AvgIpc) is 2.47. The summed E-state index contributed by atoms with van der Waals surface area (Å²) in [7, 11) is -2.21. The molecular weight excluding hydrogens is 290 g/mol. The summed E-state index contributed by atoms with van der Waals surface area (Å²) < 4.78 is 31.6. The van der Waals surface area contributed by atoms with E-state index in [4.69, 9.17) is 4.74 Å². The average molecular weight is 305 g/mol. The van der Waals surface area contributed by atoms with Crippen molar-refractivity contribution in [3.8, 4) is 5.75 Å². The highest BCUT2D eigenvalue weighted by molar-refractivity contribution is 7.92. The number of methoxy groups -OCH3 is 1. The first-order chi connectivity index (χ1) is 9.92. The van der Waals surface area contributed by atoms with Gasteiger partial charge in [0.25, 0.3) is 10.0 Å². The zero-order valence-corrected chi connectivity index (χ0v) is 12.5. The summed E-state index contributed by atoms with van der Waals surface area (Å²) in [5, 5.41) is 0. The molecule has 1 N–H and O–H groups in total. The van der Waals surface area contributed by atoms with Crippen molar-refractivity contribution in [2.75, 3.05) is 11.8 Å². The van der Waals surface area contributed by atoms with Crippen molar-refractivity contribution in [1.82, 2.24) is 9.97 Å². The Balaban J connectivity index is 2.21. The lowest BCUT2D eigenvalue weighted by Gasteiger charge is -2.07. The third kappa shape index (κ3) is 3.57. The summed E-state index contributed by atoms with van der Waals surface area (Å²) in [5.74, 6) is 0.590. The SMILES string of the molecule is C=C(C)c1cnc(NS(=O)(=O)c2ccc(OC)cc2)nc1. The Morgan fingerprint density at radius 3 is 2.24 bits per heavy atom. The molecule has 1 aromatic carbocycles. The molecule has 2 aromatic rings. The molecule has 0 unspecified atom stereocenters. The van der Waals surface area contributed by atoms with E-state index in [9.17, 15) is 8.42 Å². The second-order valence-electron chi connectivity index (χ2n) is 4.36. The van der Waals surface area contributed by atoms with Gasteiger partial charge in [0.1, 0.15) is 5.75 Å². The van der Waals surface area contributed by atoms with E-state index in [1.54, 1.807) is 12.1 Å². The van der Waals surface area contributed by atoms with Crippen LogP contribution in [0.1, 0.15) is 12.5 Å². The standard InChI is InChI=1S/C14H15N3O3S/c1-10(2)11-8-15-14(16-9-11)17-21(18,19)13-6-4-12(20-3)5-7-13/h4-9H,1H2,2-3H3,(H,15,16,17). The predicted molar refractivity (Wildman–Crippen MR) is 80.5 cm³/mol. The van der Waals surface area contributed by atoms with Crippen molar-refractivity contribution in [2.45, 2.75) is 11.8 Å². The third-order valence-electron chi connectivity index (χ3n) is 2.74. The molecule has 0 aliphatic rings. The Morgan fingerprint density at radius 1 is 1.19 bits per heavy atom. The van der Waals surface area contributed by atoms with Crippen molar-refractivity contribution in [1.29, 1.82) is 0 Å². The lowest BCUT2D eigenvalue weighted by atomic mass is 10.2. The van der Waals surface area contributed by atoms with Crippen LogP contribution in [0, 0.1) is 0 Å². The Hall–Kier alpha value is -2.41. The van der Waals surface area contributed by atoms with E-state index in [-0.39, 0.29) is 10.8 Å². The smallest absolute Gasteiger partial charge is 0.264 e. The second-order valence-corrected chi connectivity index (χ2v) is 6.04. The van der Waals surface area contributed by atoms with Gasteiger partial charge in [-0.2, -0.15) is 0 Å². The number of hydrogen-bond acceptors (Lipinski definition) is 5. The van der Waals surface area contributed by atoms with E-state index in [0.29, 0.717) is 5.75 Å². The molecule has 0 amide bonds. The summed E-state index contributed by atoms with van der Waals surface area (Å²) in [6, 6.07) is 6.03. The zero-order chi connectivity index (χ0) is 15.5. The van der Waals surface area contributed by atoms with Crippen molar-refractivity contribution in [2.24, 2.45) is 0 Å². The van der Waals surface area contributed by atoms with Gasteiger partial charge in [-0.25, -0.2) is 23.1 Å². The van der Waals surface area contributed by atoms with Crippen LogP contribution < -0.4 is 9.46 Å². The number of rotatable bonds is 5. The molecule has 0 saturated carbocycles. The minimum atomic E-state index is -3.72. The number of nitrogens with zero attached hydrogens (tertiary/aromatic N) is 2. The molecule has 0 radical (unpaired) electrons. The summed E-state index contributed by atoms with van der Waals surface area (Å²) in [4.78, 5) is 8.02. The van der Waals surface area contributed by atoms with Gasteiger partial charge in [0.15, 0.2) is 0 Å². The highest BCUT2D eigenvalue weighted by atomic mass is 32.2. The van der Waals surface area contributed by atoms with Gasteiger partial charge in [-0.05, 0) is 36.8 Å². The molecule has 1 heterocycles. The van der Waals surface area contributed by atoms with Crippen LogP contribution in [0.2, 0.25) is 0 Å². The molecule has 110 valence electrons. The maximum atomic E-state index is 12.2. The Morgan fingerprint density at radius 2 is 1.76 bits per heavy atom. The monoisotopic (exact) mass is 305 g/mol. The fourth-order valence-electron chi connectivity index (χ4n) is 1.54. The maximum Gasteiger partial charge on any atom is 0.264 e. The minimum absolute atomic E-state index is 0.0100. The van der Waals surface area contributed by atoms with Crippen LogP contribution in [0.15, 0.2) is 48.1 Å². The van der Waals surface area contributed by atoms with Gasteiger partial charge in [-0.1, -0.05) is 6.58 Å². The molecule has 21 heavy (non-hydrogen) atoms. The quantitative estimate of drug-likeness (QED) is 0.916. The number of allylic oxidation sites excluding steroid dienone is 1. The summed E-state index contributed by atoms with van der Waals surface area (Å²) in [6.07, 6.45) is 3.03. The van der Waals surface area contributed by atoms with E-state index in [0.717, 1.165) is 11.1 Å². The molecular formula is C14H15N3O3S. The van der Waals surface area contributed by atoms with Gasteiger partial charge in [-0.3, -0.25) is 0 Å². The largest absolute Gasteiger partial charge is 0.497 e. The highest BCUT2D eigenvalue weighted by Crippen LogP contribution is 2.18. The van der Waals surface area contributed by atoms with Crippen LogP contribution in [0.3, 0.4) is 0 Å². The minimum Gasteiger partial charge on any atom is -0.497 e. The fourth-order valence-corrected chi connectivity index (χ4v) is 2.49. The molecule has 1 aromatic heterocycles. The molecule has 0 fully saturated rings. The molecule has 6 nitrogen and oxygen atoms in total. The lowest BCUT2D eigenvalue weighted by molar-refractivity contribution is 0.414. The Labute approximate surface area is 123 Å². The lowest BCUT2D eigenvalue weighted by Crippen LogP contribution is -2.15. The first-order valence-corrected chi connectivity index (χ1v) is 7.55. The molecule has 0 bridgehead atoms. The van der Waals surface area contributed by atoms with Crippen molar-refractivity contribution in [3.63, 3.8) is 0 Å². The number of sulfonamides is 1. The first kappa shape index (κ1) is 15.0. The Bertz CT molecular complexity index is 738. The second kappa shape index (κ2) is 5.92. The Kier molecular flexibility index (Phi) is 4.23. The van der Waals surface area contributed by atoms with Gasteiger partial charge >= 0.3 is 0 Å². The molecule has 0 aliphatic carbocycles. The molecule has 0 spiro atoms. The van der Waals surface area contributed by atoms with E-state index in [2.05, 4.69) is 21.3 Å². The van der Waals surface area contributed by atoms with Crippen LogP contribution in [0.5, 0.6) is 5.75 Å². The number of anilines is 1. The number of ether oxygens (including phenoxy) is 1. The van der Waals surface area contributed by atoms with Crippen molar-refractivity contribution >= 4 is 21.5 Å². The number of nitrogens with one attached hydrogen (secondary N) is 1. The van der Waals surface area contributed by atoms with Crippen LogP contribution in [0.4, 0.5) is 5.95 Å². The predicted octanol–water partition coefficient (Wildman–Crippen LogP) is 2.32. The first-order valence-electron chi connectivity index (χ1n) is 6.07. The van der Waals surface area contributed by atoms with Crippen molar-refractivity contribution in [3.05, 3.63) is 48.8 Å². The van der Waals surface area contributed by atoms with Crippen LogP contribution in [0.25, 0.3) is 5.57 Å². The van der Waals surface area contributed by atoms with Gasteiger partial charge < -0.3 is 4.74 Å². The molecule has 2 rings (SSSR count). The van der Waals surface area contributed by atoms with E-state index in [1.807, 2.05) is 6.92 Å². The summed E-state index contributed by atoms with van der Waals surface area (Å²) >= 11 is 0. The zero-order valence-electron chi connectivity index (χ0n) is 11.7. The van der Waals surface area contributed by atoms with Gasteiger partial charge in [0.2, 0.25) is 5.95 Å². The molecule has 0 atom stereocenters. The van der Waals surface area contributed by atoms with Gasteiger partial charge in [0.05, 0.1) is 12.0 Å². The number of benzene rings is 1. The van der Waals surface area contributed by atoms with E-state index in [1.165, 1.54) is 31.6 Å². The summed E-state index contributed by atoms with van der Waals surface area (Å²) in [5.41, 5.74) is 1.56. The molecule has 0 saturated heterocycles. The maximum absolute atomic E-state index is 12.2. The molecule has 7 heteroatoms. The third-order valence-corrected chi connectivity index (χ3v) is 4.08. The van der Waals surface area contributed by atoms with Crippen LogP contribution in [-0.2, 0) is 10.0 Å². The van der Waals surface area contributed by atoms with Crippen LogP contribution in [-0.4, -0.2) is 25.5 Å².